The molecule has 27 heavy (non-hydrogen) atoms. The van der Waals surface area contributed by atoms with E-state index in [1.807, 2.05) is 24.6 Å². The van der Waals surface area contributed by atoms with E-state index in [1.165, 1.54) is 0 Å². The number of carbonyl (C=O) groups excluding carboxylic acids is 1. The minimum Gasteiger partial charge on any atom is -0.419 e. The molecule has 0 aliphatic carbocycles. The van der Waals surface area contributed by atoms with Gasteiger partial charge in [0.25, 0.3) is 5.89 Å². The lowest BCUT2D eigenvalue weighted by molar-refractivity contribution is -0.121. The van der Waals surface area contributed by atoms with Gasteiger partial charge in [-0.3, -0.25) is 14.4 Å². The molecule has 1 N–H and O–H groups in total. The van der Waals surface area contributed by atoms with Gasteiger partial charge in [-0.05, 0) is 32.9 Å². The SMILES string of the molecule is CCn1nc(C)cc1-c1nnc(CCC(=O)NCCCN2CCOCC2)o1. The summed E-state index contributed by atoms with van der Waals surface area (Å²) in [7, 11) is 0. The number of morpholine rings is 1. The van der Waals surface area contributed by atoms with Crippen LogP contribution in [0.15, 0.2) is 10.5 Å². The van der Waals surface area contributed by atoms with E-state index in [4.69, 9.17) is 9.15 Å². The topological polar surface area (TPSA) is 98.3 Å². The van der Waals surface area contributed by atoms with Crippen molar-refractivity contribution in [1.82, 2.24) is 30.2 Å². The summed E-state index contributed by atoms with van der Waals surface area (Å²) < 4.78 is 12.9. The van der Waals surface area contributed by atoms with Crippen LogP contribution in [0, 0.1) is 6.92 Å². The molecule has 0 spiro atoms. The summed E-state index contributed by atoms with van der Waals surface area (Å²) in [6, 6.07) is 1.92. The van der Waals surface area contributed by atoms with Crippen LogP contribution in [0.1, 0.15) is 31.4 Å². The van der Waals surface area contributed by atoms with Gasteiger partial charge in [-0.2, -0.15) is 5.10 Å². The third kappa shape index (κ3) is 5.61. The van der Waals surface area contributed by atoms with Crippen LogP contribution in [0.3, 0.4) is 0 Å². The van der Waals surface area contributed by atoms with Crippen molar-refractivity contribution in [3.05, 3.63) is 17.7 Å². The van der Waals surface area contributed by atoms with Gasteiger partial charge in [0.1, 0.15) is 5.69 Å². The first-order valence-electron chi connectivity index (χ1n) is 9.59. The molecule has 0 unspecified atom stereocenters. The van der Waals surface area contributed by atoms with Gasteiger partial charge in [0.15, 0.2) is 0 Å². The maximum Gasteiger partial charge on any atom is 0.265 e. The zero-order valence-corrected chi connectivity index (χ0v) is 16.1. The molecular formula is C18H28N6O3. The molecule has 3 rings (SSSR count). The zero-order valence-electron chi connectivity index (χ0n) is 16.1. The molecule has 2 aromatic rings. The highest BCUT2D eigenvalue weighted by molar-refractivity contribution is 5.75. The summed E-state index contributed by atoms with van der Waals surface area (Å²) in [6.45, 7) is 9.89. The van der Waals surface area contributed by atoms with Crippen molar-refractivity contribution in [1.29, 1.82) is 0 Å². The number of nitrogens with one attached hydrogen (secondary N) is 1. The molecule has 1 amide bonds. The minimum absolute atomic E-state index is 0.00571. The lowest BCUT2D eigenvalue weighted by Gasteiger charge is -2.26. The molecule has 3 heterocycles. The molecule has 0 bridgehead atoms. The normalized spacial score (nSPS) is 15.2. The maximum absolute atomic E-state index is 12.0. The van der Waals surface area contributed by atoms with Gasteiger partial charge in [-0.1, -0.05) is 0 Å². The van der Waals surface area contributed by atoms with Gasteiger partial charge in [0.2, 0.25) is 11.8 Å². The van der Waals surface area contributed by atoms with Crippen molar-refractivity contribution >= 4 is 5.91 Å². The summed E-state index contributed by atoms with van der Waals surface area (Å²) in [5.74, 6) is 0.916. The number of hydrogen-bond donors (Lipinski definition) is 1. The molecule has 1 aliphatic heterocycles. The molecule has 0 saturated carbocycles. The standard InChI is InChI=1S/C18H28N6O3/c1-3-24-15(13-14(2)22-24)18-21-20-17(27-18)6-5-16(25)19-7-4-8-23-9-11-26-12-10-23/h13H,3-12H2,1-2H3,(H,19,25). The molecule has 9 nitrogen and oxygen atoms in total. The molecule has 0 radical (unpaired) electrons. The Morgan fingerprint density at radius 1 is 1.30 bits per heavy atom. The van der Waals surface area contributed by atoms with Crippen LogP contribution in [0.4, 0.5) is 0 Å². The summed E-state index contributed by atoms with van der Waals surface area (Å²) in [5, 5.41) is 15.5. The Labute approximate surface area is 159 Å². The number of rotatable bonds is 9. The zero-order chi connectivity index (χ0) is 19.1. The van der Waals surface area contributed by atoms with E-state index >= 15 is 0 Å². The Hall–Kier alpha value is -2.26. The number of nitrogens with zero attached hydrogens (tertiary/aromatic N) is 5. The number of carbonyl (C=O) groups is 1. The van der Waals surface area contributed by atoms with Crippen molar-refractivity contribution in [3.8, 4) is 11.6 Å². The van der Waals surface area contributed by atoms with E-state index in [0.29, 0.717) is 31.2 Å². The predicted octanol–water partition coefficient (Wildman–Crippen LogP) is 1.03. The largest absolute Gasteiger partial charge is 0.419 e. The second-order valence-electron chi connectivity index (χ2n) is 6.65. The fraction of sp³-hybridized carbons (Fsp3) is 0.667. The van der Waals surface area contributed by atoms with Crippen LogP contribution in [0.2, 0.25) is 0 Å². The highest BCUT2D eigenvalue weighted by Gasteiger charge is 2.15. The highest BCUT2D eigenvalue weighted by atomic mass is 16.5. The van der Waals surface area contributed by atoms with Crippen LogP contribution >= 0.6 is 0 Å². The Kier molecular flexibility index (Phi) is 6.94. The lowest BCUT2D eigenvalue weighted by atomic mass is 10.3. The second kappa shape index (κ2) is 9.61. The number of hydrogen-bond acceptors (Lipinski definition) is 7. The Bertz CT molecular complexity index is 735. The monoisotopic (exact) mass is 376 g/mol. The molecule has 0 aromatic carbocycles. The Balaban J connectivity index is 1.38. The number of aryl methyl sites for hydroxylation is 3. The molecule has 1 fully saturated rings. The van der Waals surface area contributed by atoms with Crippen molar-refractivity contribution in [2.45, 2.75) is 39.7 Å². The molecule has 148 valence electrons. The third-order valence-corrected chi connectivity index (χ3v) is 4.53. The first kappa shape index (κ1) is 19.5. The van der Waals surface area contributed by atoms with Gasteiger partial charge in [0.05, 0.1) is 18.9 Å². The van der Waals surface area contributed by atoms with Crippen molar-refractivity contribution in [2.75, 3.05) is 39.4 Å². The van der Waals surface area contributed by atoms with Crippen LogP contribution in [0.5, 0.6) is 0 Å². The van der Waals surface area contributed by atoms with E-state index < -0.39 is 0 Å². The lowest BCUT2D eigenvalue weighted by Crippen LogP contribution is -2.38. The molecule has 2 aromatic heterocycles. The average Bonchev–Trinajstić information content (AvgIpc) is 3.30. The number of ether oxygens (including phenoxy) is 1. The van der Waals surface area contributed by atoms with E-state index in [-0.39, 0.29) is 5.91 Å². The van der Waals surface area contributed by atoms with Crippen molar-refractivity contribution in [2.24, 2.45) is 0 Å². The van der Waals surface area contributed by atoms with Gasteiger partial charge >= 0.3 is 0 Å². The smallest absolute Gasteiger partial charge is 0.265 e. The third-order valence-electron chi connectivity index (χ3n) is 4.53. The summed E-state index contributed by atoms with van der Waals surface area (Å²) in [6.07, 6.45) is 1.71. The summed E-state index contributed by atoms with van der Waals surface area (Å²) in [4.78, 5) is 14.4. The molecule has 1 saturated heterocycles. The second-order valence-corrected chi connectivity index (χ2v) is 6.65. The molecule has 9 heteroatoms. The van der Waals surface area contributed by atoms with Crippen LogP contribution in [0.25, 0.3) is 11.6 Å². The predicted molar refractivity (Wildman–Crippen MR) is 99.1 cm³/mol. The first-order valence-corrected chi connectivity index (χ1v) is 9.59. The van der Waals surface area contributed by atoms with Gasteiger partial charge < -0.3 is 14.5 Å². The van der Waals surface area contributed by atoms with Crippen LogP contribution in [-0.2, 0) is 22.5 Å². The number of amides is 1. The van der Waals surface area contributed by atoms with Crippen molar-refractivity contribution in [3.63, 3.8) is 0 Å². The summed E-state index contributed by atoms with van der Waals surface area (Å²) >= 11 is 0. The van der Waals surface area contributed by atoms with Crippen LogP contribution < -0.4 is 5.32 Å². The van der Waals surface area contributed by atoms with E-state index in [0.717, 1.165) is 57.2 Å². The Morgan fingerprint density at radius 3 is 2.89 bits per heavy atom. The van der Waals surface area contributed by atoms with E-state index in [2.05, 4.69) is 25.5 Å². The van der Waals surface area contributed by atoms with Gasteiger partial charge in [-0.15, -0.1) is 10.2 Å². The number of aromatic nitrogens is 4. The average molecular weight is 376 g/mol. The van der Waals surface area contributed by atoms with Gasteiger partial charge in [0, 0.05) is 39.0 Å². The van der Waals surface area contributed by atoms with Crippen LogP contribution in [-0.4, -0.2) is 70.2 Å². The quantitative estimate of drug-likeness (QED) is 0.653. The van der Waals surface area contributed by atoms with E-state index in [9.17, 15) is 4.79 Å². The van der Waals surface area contributed by atoms with Gasteiger partial charge in [-0.25, -0.2) is 0 Å². The maximum atomic E-state index is 12.0. The molecular weight excluding hydrogens is 348 g/mol. The fourth-order valence-electron chi connectivity index (χ4n) is 3.08. The minimum atomic E-state index is 0.00571. The summed E-state index contributed by atoms with van der Waals surface area (Å²) in [5.41, 5.74) is 1.71. The molecule has 1 aliphatic rings. The van der Waals surface area contributed by atoms with Crippen molar-refractivity contribution < 1.29 is 13.9 Å². The Morgan fingerprint density at radius 2 is 2.11 bits per heavy atom. The fourth-order valence-corrected chi connectivity index (χ4v) is 3.08. The van der Waals surface area contributed by atoms with E-state index in [1.54, 1.807) is 0 Å². The first-order chi connectivity index (χ1) is 13.2. The molecule has 0 atom stereocenters. The highest BCUT2D eigenvalue weighted by Crippen LogP contribution is 2.19.